The molecule has 0 bridgehead atoms. The van der Waals surface area contributed by atoms with E-state index in [9.17, 15) is 4.79 Å². The minimum absolute atomic E-state index is 0.105. The van der Waals surface area contributed by atoms with Gasteiger partial charge in [0.15, 0.2) is 5.17 Å². The van der Waals surface area contributed by atoms with E-state index in [2.05, 4.69) is 33.1 Å². The molecule has 0 spiro atoms. The van der Waals surface area contributed by atoms with Gasteiger partial charge in [-0.25, -0.2) is 4.99 Å². The topological polar surface area (TPSA) is 46.4 Å². The van der Waals surface area contributed by atoms with E-state index in [1.165, 1.54) is 11.8 Å². The average Bonchev–Trinajstić information content (AvgIpc) is 3.12. The van der Waals surface area contributed by atoms with Gasteiger partial charge in [-0.15, -0.1) is 0 Å². The molecule has 1 fully saturated rings. The van der Waals surface area contributed by atoms with E-state index in [0.717, 1.165) is 33.3 Å². The number of fused-ring (bicyclic) bond motifs is 1. The molecule has 1 saturated heterocycles. The third-order valence-corrected chi connectivity index (χ3v) is 5.36. The number of hydrogen-bond donors (Lipinski definition) is 1. The molecule has 3 aromatic rings. The summed E-state index contributed by atoms with van der Waals surface area (Å²) in [6, 6.07) is 14.3. The molecule has 1 N–H and O–H groups in total. The van der Waals surface area contributed by atoms with Crippen molar-refractivity contribution in [1.29, 1.82) is 0 Å². The second-order valence-electron chi connectivity index (χ2n) is 6.48. The van der Waals surface area contributed by atoms with Gasteiger partial charge in [0.1, 0.15) is 0 Å². The van der Waals surface area contributed by atoms with Gasteiger partial charge in [0.2, 0.25) is 0 Å². The summed E-state index contributed by atoms with van der Waals surface area (Å²) >= 11 is 1.38. The van der Waals surface area contributed by atoms with Crippen LogP contribution in [0.4, 0.5) is 5.69 Å². The van der Waals surface area contributed by atoms with E-state index in [-0.39, 0.29) is 5.91 Å². The molecule has 1 amide bonds. The lowest BCUT2D eigenvalue weighted by Gasteiger charge is -2.02. The molecule has 0 aliphatic carbocycles. The summed E-state index contributed by atoms with van der Waals surface area (Å²) in [5.74, 6) is -0.105. The molecule has 0 saturated carbocycles. The number of rotatable bonds is 2. The van der Waals surface area contributed by atoms with Crippen LogP contribution in [0.1, 0.15) is 16.7 Å². The van der Waals surface area contributed by atoms with Gasteiger partial charge in [-0.3, -0.25) is 4.79 Å². The highest BCUT2D eigenvalue weighted by Crippen LogP contribution is 2.31. The molecule has 1 aromatic heterocycles. The smallest absolute Gasteiger partial charge is 0.264 e. The van der Waals surface area contributed by atoms with Crippen molar-refractivity contribution < 1.29 is 4.79 Å². The zero-order valence-electron chi connectivity index (χ0n) is 14.9. The molecule has 1 aliphatic rings. The highest BCUT2D eigenvalue weighted by Gasteiger charge is 2.24. The Morgan fingerprint density at radius 1 is 1.15 bits per heavy atom. The highest BCUT2D eigenvalue weighted by atomic mass is 32.2. The van der Waals surface area contributed by atoms with Crippen molar-refractivity contribution >= 4 is 45.5 Å². The minimum Gasteiger partial charge on any atom is -0.350 e. The molecule has 0 atom stereocenters. The fourth-order valence-electron chi connectivity index (χ4n) is 3.06. The highest BCUT2D eigenvalue weighted by molar-refractivity contribution is 8.18. The van der Waals surface area contributed by atoms with Crippen LogP contribution in [0.25, 0.3) is 17.0 Å². The molecule has 5 heteroatoms. The number of para-hydroxylation sites is 1. The third-order valence-electron chi connectivity index (χ3n) is 4.45. The first-order valence-electron chi connectivity index (χ1n) is 8.42. The number of aliphatic imine (C=N–C) groups is 1. The van der Waals surface area contributed by atoms with E-state index in [4.69, 9.17) is 0 Å². The van der Waals surface area contributed by atoms with Crippen molar-refractivity contribution in [1.82, 2.24) is 9.88 Å². The summed E-state index contributed by atoms with van der Waals surface area (Å²) in [5.41, 5.74) is 5.31. The first kappa shape index (κ1) is 16.7. The quantitative estimate of drug-likeness (QED) is 0.673. The van der Waals surface area contributed by atoms with Gasteiger partial charge in [0, 0.05) is 29.7 Å². The molecule has 1 aliphatic heterocycles. The molecule has 0 unspecified atom stereocenters. The normalized spacial score (nSPS) is 17.4. The maximum atomic E-state index is 12.4. The average molecular weight is 361 g/mol. The number of thioether (sulfide) groups is 1. The lowest BCUT2D eigenvalue weighted by Crippen LogP contribution is -2.19. The first-order valence-corrected chi connectivity index (χ1v) is 9.24. The summed E-state index contributed by atoms with van der Waals surface area (Å²) in [5, 5.41) is 4.63. The second-order valence-corrected chi connectivity index (χ2v) is 7.51. The lowest BCUT2D eigenvalue weighted by molar-refractivity contribution is -0.115. The summed E-state index contributed by atoms with van der Waals surface area (Å²) in [4.78, 5) is 17.7. The second kappa shape index (κ2) is 6.50. The first-order chi connectivity index (χ1) is 12.5. The van der Waals surface area contributed by atoms with Crippen LogP contribution in [-0.2, 0) is 11.8 Å². The van der Waals surface area contributed by atoms with Crippen LogP contribution in [0.5, 0.6) is 0 Å². The number of nitrogens with one attached hydrogen (secondary N) is 1. The predicted octanol–water partition coefficient (Wildman–Crippen LogP) is 4.69. The number of carbonyl (C=O) groups excluding carboxylic acids is 1. The zero-order chi connectivity index (χ0) is 18.3. The van der Waals surface area contributed by atoms with E-state index < -0.39 is 0 Å². The number of aryl methyl sites for hydroxylation is 3. The van der Waals surface area contributed by atoms with Crippen LogP contribution in [0.3, 0.4) is 0 Å². The molecular formula is C21H19N3OS. The maximum Gasteiger partial charge on any atom is 0.264 e. The number of aromatic nitrogens is 1. The molecule has 26 heavy (non-hydrogen) atoms. The Balaban J connectivity index is 1.68. The van der Waals surface area contributed by atoms with Crippen LogP contribution in [0.15, 0.2) is 58.6 Å². The largest absolute Gasteiger partial charge is 0.350 e. The van der Waals surface area contributed by atoms with Crippen LogP contribution in [0.2, 0.25) is 0 Å². The molecule has 2 aromatic carbocycles. The van der Waals surface area contributed by atoms with Gasteiger partial charge in [-0.05, 0) is 54.9 Å². The maximum absolute atomic E-state index is 12.4. The van der Waals surface area contributed by atoms with Gasteiger partial charge in [-0.1, -0.05) is 30.3 Å². The molecule has 130 valence electrons. The Morgan fingerprint density at radius 3 is 2.81 bits per heavy atom. The van der Waals surface area contributed by atoms with E-state index >= 15 is 0 Å². The number of hydrogen-bond acceptors (Lipinski definition) is 3. The summed E-state index contributed by atoms with van der Waals surface area (Å²) < 4.78 is 2.07. The molecule has 0 radical (unpaired) electrons. The molecule has 4 rings (SSSR count). The van der Waals surface area contributed by atoms with Crippen molar-refractivity contribution in [3.63, 3.8) is 0 Å². The number of amides is 1. The van der Waals surface area contributed by atoms with Crippen molar-refractivity contribution in [3.8, 4) is 0 Å². The number of carbonyl (C=O) groups is 1. The summed E-state index contributed by atoms with van der Waals surface area (Å²) in [7, 11) is 2.01. The fraction of sp³-hybridized carbons (Fsp3) is 0.143. The van der Waals surface area contributed by atoms with Gasteiger partial charge in [0.25, 0.3) is 5.91 Å². The van der Waals surface area contributed by atoms with Crippen LogP contribution >= 0.6 is 11.8 Å². The van der Waals surface area contributed by atoms with Crippen LogP contribution in [0, 0.1) is 13.8 Å². The monoisotopic (exact) mass is 361 g/mol. The van der Waals surface area contributed by atoms with Crippen molar-refractivity contribution in [2.45, 2.75) is 13.8 Å². The molecular weight excluding hydrogens is 342 g/mol. The van der Waals surface area contributed by atoms with Crippen molar-refractivity contribution in [2.24, 2.45) is 12.0 Å². The Bertz CT molecular complexity index is 1090. The van der Waals surface area contributed by atoms with E-state index in [1.807, 2.05) is 57.4 Å². The Hall–Kier alpha value is -2.79. The van der Waals surface area contributed by atoms with E-state index in [1.54, 1.807) is 0 Å². The number of benzene rings is 2. The van der Waals surface area contributed by atoms with Gasteiger partial charge >= 0.3 is 0 Å². The predicted molar refractivity (Wildman–Crippen MR) is 110 cm³/mol. The number of nitrogens with zero attached hydrogens (tertiary/aromatic N) is 2. The zero-order valence-corrected chi connectivity index (χ0v) is 15.7. The third kappa shape index (κ3) is 3.06. The van der Waals surface area contributed by atoms with Gasteiger partial charge < -0.3 is 9.88 Å². The molecule has 2 heterocycles. The minimum atomic E-state index is -0.105. The Kier molecular flexibility index (Phi) is 4.17. The van der Waals surface area contributed by atoms with Gasteiger partial charge in [0.05, 0.1) is 10.6 Å². The fourth-order valence-corrected chi connectivity index (χ4v) is 3.88. The van der Waals surface area contributed by atoms with Crippen LogP contribution < -0.4 is 5.32 Å². The van der Waals surface area contributed by atoms with Gasteiger partial charge in [-0.2, -0.15) is 0 Å². The standard InChI is InChI=1S/C21H19N3OS/c1-13-8-9-14(2)17(10-13)22-21-23-20(25)19(26-21)11-15-12-24(3)18-7-5-4-6-16(15)18/h4-12H,1-3H3,(H,22,23,25)/b19-11-. The molecule has 4 nitrogen and oxygen atoms in total. The lowest BCUT2D eigenvalue weighted by atomic mass is 10.1. The van der Waals surface area contributed by atoms with Crippen LogP contribution in [-0.4, -0.2) is 15.6 Å². The van der Waals surface area contributed by atoms with Crippen molar-refractivity contribution in [3.05, 3.63) is 70.3 Å². The number of amidine groups is 1. The summed E-state index contributed by atoms with van der Waals surface area (Å²) in [6.07, 6.45) is 3.99. The SMILES string of the molecule is Cc1ccc(C)c(N=C2NC(=O)/C(=C/c3cn(C)c4ccccc34)S2)c1. The summed E-state index contributed by atoms with van der Waals surface area (Å²) in [6.45, 7) is 4.06. The Labute approximate surface area is 156 Å². The van der Waals surface area contributed by atoms with E-state index in [0.29, 0.717) is 10.1 Å². The van der Waals surface area contributed by atoms with Crippen molar-refractivity contribution in [2.75, 3.05) is 0 Å². The Morgan fingerprint density at radius 2 is 1.96 bits per heavy atom.